The summed E-state index contributed by atoms with van der Waals surface area (Å²) in [6.45, 7) is 16.3. The number of aryl methyl sites for hydroxylation is 3. The number of imidazole rings is 1. The van der Waals surface area contributed by atoms with Crippen LogP contribution in [0.1, 0.15) is 75.0 Å². The molecule has 1 aliphatic rings. The van der Waals surface area contributed by atoms with Crippen LogP contribution in [-0.4, -0.2) is 16.1 Å². The lowest BCUT2D eigenvalue weighted by Gasteiger charge is -2.15. The van der Waals surface area contributed by atoms with Crippen LogP contribution in [0.4, 0.5) is 0 Å². The maximum atomic E-state index is 6.17. The molecule has 1 heterocycles. The van der Waals surface area contributed by atoms with Crippen LogP contribution < -0.4 is 4.74 Å². The molecule has 0 aliphatic heterocycles. The van der Waals surface area contributed by atoms with Crippen LogP contribution in [0.5, 0.6) is 5.75 Å². The van der Waals surface area contributed by atoms with Crippen molar-refractivity contribution in [2.75, 3.05) is 0 Å². The van der Waals surface area contributed by atoms with E-state index in [2.05, 4.69) is 106 Å². The molecule has 1 aromatic heterocycles. The second-order valence-corrected chi connectivity index (χ2v) is 9.52. The van der Waals surface area contributed by atoms with Crippen molar-refractivity contribution in [3.8, 4) is 17.1 Å². The molecule has 1 aliphatic carbocycles. The molecular formula is C34H42N2O. The maximum absolute atomic E-state index is 6.17. The lowest BCUT2D eigenvalue weighted by atomic mass is 9.98. The average molecular weight is 495 g/mol. The van der Waals surface area contributed by atoms with Crippen LogP contribution in [0.15, 0.2) is 78.9 Å². The molecule has 3 nitrogen and oxygen atoms in total. The maximum Gasteiger partial charge on any atom is 0.141 e. The summed E-state index contributed by atoms with van der Waals surface area (Å²) in [7, 11) is 0. The van der Waals surface area contributed by atoms with Gasteiger partial charge < -0.3 is 9.72 Å². The number of H-pyrrole nitrogens is 1. The van der Waals surface area contributed by atoms with Gasteiger partial charge in [0.05, 0.1) is 17.4 Å². The lowest BCUT2D eigenvalue weighted by molar-refractivity contribution is 0.243. The molecule has 0 amide bonds. The van der Waals surface area contributed by atoms with E-state index in [0.29, 0.717) is 0 Å². The van der Waals surface area contributed by atoms with E-state index in [1.807, 2.05) is 19.9 Å². The van der Waals surface area contributed by atoms with Crippen molar-refractivity contribution >= 4 is 11.6 Å². The van der Waals surface area contributed by atoms with Gasteiger partial charge in [0.25, 0.3) is 0 Å². The van der Waals surface area contributed by atoms with Crippen molar-refractivity contribution in [3.63, 3.8) is 0 Å². The van der Waals surface area contributed by atoms with Gasteiger partial charge in [0.15, 0.2) is 0 Å². The number of nitrogens with one attached hydrogen (secondary N) is 1. The molecule has 0 fully saturated rings. The number of nitrogens with zero attached hydrogens (tertiary/aromatic N) is 1. The zero-order chi connectivity index (χ0) is 26.8. The molecule has 0 unspecified atom stereocenters. The Morgan fingerprint density at radius 3 is 2.46 bits per heavy atom. The van der Waals surface area contributed by atoms with Gasteiger partial charge >= 0.3 is 0 Å². The van der Waals surface area contributed by atoms with Crippen molar-refractivity contribution in [3.05, 3.63) is 107 Å². The van der Waals surface area contributed by atoms with Gasteiger partial charge in [0.2, 0.25) is 0 Å². The van der Waals surface area contributed by atoms with E-state index in [1.165, 1.54) is 16.7 Å². The summed E-state index contributed by atoms with van der Waals surface area (Å²) in [5, 5.41) is 0. The molecule has 3 aromatic rings. The molecule has 0 saturated heterocycles. The highest BCUT2D eigenvalue weighted by Crippen LogP contribution is 2.32. The van der Waals surface area contributed by atoms with Crippen LogP contribution >= 0.6 is 0 Å². The summed E-state index contributed by atoms with van der Waals surface area (Å²) in [5.74, 6) is 1.68. The summed E-state index contributed by atoms with van der Waals surface area (Å²) < 4.78 is 6.17. The van der Waals surface area contributed by atoms with Crippen molar-refractivity contribution in [2.45, 2.75) is 73.3 Å². The molecule has 0 radical (unpaired) electrons. The fourth-order valence-electron chi connectivity index (χ4n) is 4.31. The van der Waals surface area contributed by atoms with Gasteiger partial charge in [0.1, 0.15) is 11.6 Å². The molecule has 1 N–H and O–H groups in total. The average Bonchev–Trinajstić information content (AvgIpc) is 3.28. The van der Waals surface area contributed by atoms with E-state index in [0.717, 1.165) is 65.3 Å². The molecule has 0 spiro atoms. The quantitative estimate of drug-likeness (QED) is 0.301. The number of benzene rings is 2. The minimum Gasteiger partial charge on any atom is -0.490 e. The minimum atomic E-state index is 0.0847. The van der Waals surface area contributed by atoms with Gasteiger partial charge in [0, 0.05) is 5.69 Å². The van der Waals surface area contributed by atoms with E-state index in [4.69, 9.17) is 9.72 Å². The Morgan fingerprint density at radius 1 is 1.05 bits per heavy atom. The third-order valence-corrected chi connectivity index (χ3v) is 6.26. The highest BCUT2D eigenvalue weighted by molar-refractivity contribution is 5.87. The van der Waals surface area contributed by atoms with E-state index in [9.17, 15) is 0 Å². The van der Waals surface area contributed by atoms with Crippen LogP contribution in [0.25, 0.3) is 23.0 Å². The third kappa shape index (κ3) is 7.69. The Kier molecular flexibility index (Phi) is 10.3. The smallest absolute Gasteiger partial charge is 0.141 e. The first-order chi connectivity index (χ1) is 17.9. The number of ether oxygens (including phenoxy) is 1. The van der Waals surface area contributed by atoms with E-state index >= 15 is 0 Å². The Hall–Kier alpha value is -3.59. The molecular weight excluding hydrogens is 452 g/mol. The zero-order valence-corrected chi connectivity index (χ0v) is 23.4. The fraction of sp³-hybridized carbons (Fsp3) is 0.324. The number of aromatic nitrogens is 2. The van der Waals surface area contributed by atoms with Crippen LogP contribution in [0.3, 0.4) is 0 Å². The van der Waals surface area contributed by atoms with Gasteiger partial charge in [-0.3, -0.25) is 0 Å². The fourth-order valence-corrected chi connectivity index (χ4v) is 4.31. The van der Waals surface area contributed by atoms with E-state index in [-0.39, 0.29) is 6.10 Å². The zero-order valence-electron chi connectivity index (χ0n) is 23.4. The van der Waals surface area contributed by atoms with Gasteiger partial charge in [-0.1, -0.05) is 86.2 Å². The van der Waals surface area contributed by atoms with Gasteiger partial charge in [-0.15, -0.1) is 0 Å². The number of hydrogen-bond donors (Lipinski definition) is 1. The Bertz CT molecular complexity index is 1270. The number of allylic oxidation sites excluding steroid dienone is 6. The summed E-state index contributed by atoms with van der Waals surface area (Å²) in [5.41, 5.74) is 9.06. The first kappa shape index (κ1) is 28.0. The third-order valence-electron chi connectivity index (χ3n) is 6.26. The number of aromatic amines is 1. The summed E-state index contributed by atoms with van der Waals surface area (Å²) in [6, 6.07) is 15.0. The van der Waals surface area contributed by atoms with Gasteiger partial charge in [-0.25, -0.2) is 4.98 Å². The predicted octanol–water partition coefficient (Wildman–Crippen LogP) is 9.44. The molecule has 0 saturated carbocycles. The number of hydrogen-bond acceptors (Lipinski definition) is 2. The van der Waals surface area contributed by atoms with E-state index < -0.39 is 0 Å². The first-order valence-electron chi connectivity index (χ1n) is 13.6. The topological polar surface area (TPSA) is 37.9 Å². The Labute approximate surface area is 223 Å². The SMILES string of the molecule is C=C/C(=C\c1nc(-c2cc(CCC3=CCCC=C3)ccc2OC(C)C)[nH]c1C)c1ccc(C)cc1.CC. The standard InChI is InChI=1S/C32H36N2O.C2H6/c1-6-27(28-17-12-23(4)13-18-28)21-30-24(5)33-32(34-30)29-20-26(16-19-31(29)35-22(2)3)15-14-25-10-8-7-9-11-25;1-2/h6,8,10-13,16-22H,1,7,9,14-15H2,2-5H3,(H,33,34);1-2H3/b27-21+;. The van der Waals surface area contributed by atoms with Crippen molar-refractivity contribution in [1.29, 1.82) is 0 Å². The predicted molar refractivity (Wildman–Crippen MR) is 160 cm³/mol. The largest absolute Gasteiger partial charge is 0.490 e. The van der Waals surface area contributed by atoms with Gasteiger partial charge in [-0.05, 0) is 88.3 Å². The Morgan fingerprint density at radius 2 is 1.81 bits per heavy atom. The lowest BCUT2D eigenvalue weighted by Crippen LogP contribution is -2.07. The highest BCUT2D eigenvalue weighted by atomic mass is 16.5. The second-order valence-electron chi connectivity index (χ2n) is 9.52. The van der Waals surface area contributed by atoms with Crippen molar-refractivity contribution < 1.29 is 4.74 Å². The van der Waals surface area contributed by atoms with Crippen molar-refractivity contribution in [1.82, 2.24) is 9.97 Å². The molecule has 0 atom stereocenters. The molecule has 0 bridgehead atoms. The first-order valence-corrected chi connectivity index (χ1v) is 13.6. The van der Waals surface area contributed by atoms with Crippen LogP contribution in [-0.2, 0) is 6.42 Å². The molecule has 2 aromatic carbocycles. The van der Waals surface area contributed by atoms with Gasteiger partial charge in [-0.2, -0.15) is 0 Å². The normalized spacial score (nSPS) is 13.2. The Balaban J connectivity index is 0.00000186. The molecule has 194 valence electrons. The minimum absolute atomic E-state index is 0.0847. The summed E-state index contributed by atoms with van der Waals surface area (Å²) in [6.07, 6.45) is 15.3. The second kappa shape index (κ2) is 13.6. The summed E-state index contributed by atoms with van der Waals surface area (Å²) in [4.78, 5) is 8.49. The summed E-state index contributed by atoms with van der Waals surface area (Å²) >= 11 is 0. The molecule has 3 heteroatoms. The van der Waals surface area contributed by atoms with Crippen LogP contribution in [0.2, 0.25) is 0 Å². The molecule has 37 heavy (non-hydrogen) atoms. The number of rotatable bonds is 9. The highest BCUT2D eigenvalue weighted by Gasteiger charge is 2.15. The van der Waals surface area contributed by atoms with Crippen LogP contribution in [0, 0.1) is 13.8 Å². The van der Waals surface area contributed by atoms with E-state index in [1.54, 1.807) is 0 Å². The van der Waals surface area contributed by atoms with Crippen molar-refractivity contribution in [2.24, 2.45) is 0 Å². The molecule has 4 rings (SSSR count). The monoisotopic (exact) mass is 494 g/mol.